The molecule has 4 rings (SSSR count). The first-order chi connectivity index (χ1) is 20.4. The SMILES string of the molecule is CCCCc1oc(CCc2ccc(O)c(OCC(NC)c3cc(C(CNCC(C)O)C4CCCC4)c[nH]3)c2)cc1CO. The number of phenols is 1. The lowest BCUT2D eigenvalue weighted by Gasteiger charge is -2.24. The van der Waals surface area contributed by atoms with Crippen LogP contribution in [0.25, 0.3) is 0 Å². The molecule has 8 nitrogen and oxygen atoms in total. The normalized spacial score (nSPS) is 16.1. The number of H-pyrrole nitrogens is 1. The third-order valence-corrected chi connectivity index (χ3v) is 8.62. The van der Waals surface area contributed by atoms with Gasteiger partial charge >= 0.3 is 0 Å². The lowest BCUT2D eigenvalue weighted by molar-refractivity contribution is 0.189. The highest BCUT2D eigenvalue weighted by molar-refractivity contribution is 5.42. The Morgan fingerprint density at radius 3 is 2.62 bits per heavy atom. The van der Waals surface area contributed by atoms with Crippen molar-refractivity contribution < 1.29 is 24.5 Å². The second-order valence-corrected chi connectivity index (χ2v) is 11.9. The van der Waals surface area contributed by atoms with Crippen LogP contribution in [0.3, 0.4) is 0 Å². The molecule has 0 radical (unpaired) electrons. The number of furan rings is 1. The van der Waals surface area contributed by atoms with E-state index in [1.807, 2.05) is 32.2 Å². The van der Waals surface area contributed by atoms with Gasteiger partial charge in [-0.25, -0.2) is 0 Å². The van der Waals surface area contributed by atoms with Gasteiger partial charge in [0.15, 0.2) is 11.5 Å². The number of hydrogen-bond acceptors (Lipinski definition) is 7. The number of aromatic amines is 1. The van der Waals surface area contributed by atoms with Crippen molar-refractivity contribution in [2.24, 2.45) is 5.92 Å². The van der Waals surface area contributed by atoms with Gasteiger partial charge in [0.05, 0.1) is 18.8 Å². The lowest BCUT2D eigenvalue weighted by Crippen LogP contribution is -2.31. The van der Waals surface area contributed by atoms with Crippen LogP contribution in [0.1, 0.15) is 98.2 Å². The molecule has 8 heteroatoms. The first-order valence-electron chi connectivity index (χ1n) is 15.8. The van der Waals surface area contributed by atoms with Crippen molar-refractivity contribution in [1.82, 2.24) is 15.6 Å². The zero-order chi connectivity index (χ0) is 29.9. The maximum Gasteiger partial charge on any atom is 0.161 e. The summed E-state index contributed by atoms with van der Waals surface area (Å²) in [5.41, 5.74) is 4.27. The van der Waals surface area contributed by atoms with Gasteiger partial charge in [-0.2, -0.15) is 0 Å². The molecule has 232 valence electrons. The summed E-state index contributed by atoms with van der Waals surface area (Å²) >= 11 is 0. The number of benzene rings is 1. The van der Waals surface area contributed by atoms with Crippen LogP contribution >= 0.6 is 0 Å². The van der Waals surface area contributed by atoms with Gasteiger partial charge in [0.1, 0.15) is 18.1 Å². The summed E-state index contributed by atoms with van der Waals surface area (Å²) < 4.78 is 12.2. The first kappa shape index (κ1) is 32.1. The molecule has 0 saturated heterocycles. The van der Waals surface area contributed by atoms with E-state index >= 15 is 0 Å². The molecule has 1 saturated carbocycles. The summed E-state index contributed by atoms with van der Waals surface area (Å²) in [4.78, 5) is 3.47. The van der Waals surface area contributed by atoms with Crippen LogP contribution in [-0.4, -0.2) is 53.2 Å². The minimum absolute atomic E-state index is 0.00417. The van der Waals surface area contributed by atoms with E-state index in [1.165, 1.54) is 31.2 Å². The smallest absolute Gasteiger partial charge is 0.161 e. The van der Waals surface area contributed by atoms with Crippen molar-refractivity contribution in [1.29, 1.82) is 0 Å². The van der Waals surface area contributed by atoms with Crippen LogP contribution < -0.4 is 15.4 Å². The number of aryl methyl sites for hydroxylation is 3. The van der Waals surface area contributed by atoms with Gasteiger partial charge < -0.3 is 40.1 Å². The van der Waals surface area contributed by atoms with E-state index in [-0.39, 0.29) is 24.5 Å². The van der Waals surface area contributed by atoms with Gasteiger partial charge in [-0.05, 0) is 81.0 Å². The van der Waals surface area contributed by atoms with E-state index in [2.05, 4.69) is 34.8 Å². The van der Waals surface area contributed by atoms with Gasteiger partial charge in [0.25, 0.3) is 0 Å². The topological polar surface area (TPSA) is 123 Å². The van der Waals surface area contributed by atoms with Gasteiger partial charge in [0, 0.05) is 49.3 Å². The zero-order valence-electron chi connectivity index (χ0n) is 25.6. The summed E-state index contributed by atoms with van der Waals surface area (Å²) in [6, 6.07) is 9.64. The molecule has 42 heavy (non-hydrogen) atoms. The standard InChI is InChI=1S/C34H51N3O5/c1-4-5-10-33-27(21-38)16-28(42-33)13-11-24-12-14-32(40)34(15-24)41-22-31(35-3)30-17-26(19-37-30)29(20-36-18-23(2)39)25-8-6-7-9-25/h12,14-17,19,23,25,29,31,35-40H,4-11,13,18,20-22H2,1-3H3. The van der Waals surface area contributed by atoms with Gasteiger partial charge in [-0.1, -0.05) is 32.3 Å². The molecule has 3 aromatic rings. The molecule has 1 aromatic carbocycles. The van der Waals surface area contributed by atoms with Crippen LogP contribution in [0.15, 0.2) is 40.9 Å². The van der Waals surface area contributed by atoms with Crippen molar-refractivity contribution in [2.45, 2.75) is 96.3 Å². The fourth-order valence-corrected chi connectivity index (χ4v) is 6.14. The third-order valence-electron chi connectivity index (χ3n) is 8.62. The van der Waals surface area contributed by atoms with E-state index in [1.54, 1.807) is 6.07 Å². The fourth-order valence-electron chi connectivity index (χ4n) is 6.14. The predicted molar refractivity (Wildman–Crippen MR) is 166 cm³/mol. The molecule has 3 unspecified atom stereocenters. The van der Waals surface area contributed by atoms with E-state index in [9.17, 15) is 15.3 Å². The second-order valence-electron chi connectivity index (χ2n) is 11.9. The maximum absolute atomic E-state index is 10.5. The Kier molecular flexibility index (Phi) is 12.4. The Labute approximate surface area is 250 Å². The number of aliphatic hydroxyl groups excluding tert-OH is 2. The van der Waals surface area contributed by atoms with E-state index in [0.29, 0.717) is 37.2 Å². The highest BCUT2D eigenvalue weighted by Gasteiger charge is 2.28. The number of rotatable bonds is 18. The zero-order valence-corrected chi connectivity index (χ0v) is 25.6. The fraction of sp³-hybridized carbons (Fsp3) is 0.588. The summed E-state index contributed by atoms with van der Waals surface area (Å²) in [6.45, 7) is 5.77. The van der Waals surface area contributed by atoms with E-state index in [0.717, 1.165) is 60.6 Å². The molecular weight excluding hydrogens is 530 g/mol. The number of unbranched alkanes of at least 4 members (excludes halogenated alkanes) is 1. The molecule has 2 aromatic heterocycles. The molecule has 0 amide bonds. The summed E-state index contributed by atoms with van der Waals surface area (Å²) in [6.07, 6.45) is 11.3. The third kappa shape index (κ3) is 8.86. The molecule has 1 aliphatic rings. The van der Waals surface area contributed by atoms with Gasteiger partial charge in [-0.15, -0.1) is 0 Å². The molecule has 0 bridgehead atoms. The monoisotopic (exact) mass is 581 g/mol. The Morgan fingerprint density at radius 1 is 1.10 bits per heavy atom. The van der Waals surface area contributed by atoms with Crippen molar-refractivity contribution in [3.05, 3.63) is 70.4 Å². The highest BCUT2D eigenvalue weighted by Crippen LogP contribution is 2.38. The Morgan fingerprint density at radius 2 is 1.90 bits per heavy atom. The number of aliphatic hydroxyl groups is 2. The number of aromatic nitrogens is 1. The Balaban J connectivity index is 1.37. The minimum atomic E-state index is -0.357. The Hall–Kier alpha value is -2.78. The maximum atomic E-state index is 10.5. The lowest BCUT2D eigenvalue weighted by atomic mass is 9.85. The van der Waals surface area contributed by atoms with E-state index < -0.39 is 0 Å². The van der Waals surface area contributed by atoms with Crippen LogP contribution in [0.2, 0.25) is 0 Å². The number of likely N-dealkylation sites (N-methyl/N-ethyl adjacent to an activating group) is 1. The average molecular weight is 582 g/mol. The first-order valence-corrected chi connectivity index (χ1v) is 15.8. The van der Waals surface area contributed by atoms with Crippen LogP contribution in [-0.2, 0) is 25.9 Å². The van der Waals surface area contributed by atoms with Crippen molar-refractivity contribution >= 4 is 0 Å². The summed E-state index contributed by atoms with van der Waals surface area (Å²) in [5.74, 6) is 3.40. The Bertz CT molecular complexity index is 1210. The summed E-state index contributed by atoms with van der Waals surface area (Å²) in [7, 11) is 1.92. The number of aromatic hydroxyl groups is 1. The van der Waals surface area contributed by atoms with Crippen LogP contribution in [0.5, 0.6) is 11.5 Å². The molecule has 2 heterocycles. The quantitative estimate of drug-likeness (QED) is 0.117. The molecule has 3 atom stereocenters. The van der Waals surface area contributed by atoms with Crippen molar-refractivity contribution in [3.8, 4) is 11.5 Å². The van der Waals surface area contributed by atoms with Crippen molar-refractivity contribution in [2.75, 3.05) is 26.7 Å². The molecule has 1 aliphatic carbocycles. The minimum Gasteiger partial charge on any atom is -0.504 e. The number of phenolic OH excluding ortho intramolecular Hbond substituents is 1. The highest BCUT2D eigenvalue weighted by atomic mass is 16.5. The van der Waals surface area contributed by atoms with Crippen molar-refractivity contribution in [3.63, 3.8) is 0 Å². The average Bonchev–Trinajstić information content (AvgIpc) is 3.76. The molecule has 0 spiro atoms. The second kappa shape index (κ2) is 16.2. The number of nitrogens with one attached hydrogen (secondary N) is 3. The van der Waals surface area contributed by atoms with Crippen LogP contribution in [0.4, 0.5) is 0 Å². The number of hydrogen-bond donors (Lipinski definition) is 6. The molecule has 0 aliphatic heterocycles. The summed E-state index contributed by atoms with van der Waals surface area (Å²) in [5, 5.41) is 36.7. The van der Waals surface area contributed by atoms with Crippen LogP contribution in [0, 0.1) is 5.92 Å². The molecule has 6 N–H and O–H groups in total. The van der Waals surface area contributed by atoms with Gasteiger partial charge in [0.2, 0.25) is 0 Å². The van der Waals surface area contributed by atoms with Gasteiger partial charge in [-0.3, -0.25) is 0 Å². The predicted octanol–water partition coefficient (Wildman–Crippen LogP) is 5.52. The molecular formula is C34H51N3O5. The van der Waals surface area contributed by atoms with E-state index in [4.69, 9.17) is 9.15 Å². The largest absolute Gasteiger partial charge is 0.504 e. The molecule has 1 fully saturated rings. The number of ether oxygens (including phenoxy) is 1.